The van der Waals surface area contributed by atoms with Crippen LogP contribution in [0.4, 0.5) is 18.9 Å². The molecule has 0 saturated heterocycles. The summed E-state index contributed by atoms with van der Waals surface area (Å²) in [6, 6.07) is 3.51. The molecule has 0 saturated carbocycles. The van der Waals surface area contributed by atoms with Gasteiger partial charge >= 0.3 is 6.18 Å². The first-order valence-corrected chi connectivity index (χ1v) is 4.76. The molecule has 0 fully saturated rings. The molecule has 0 aromatic heterocycles. The molecule has 96 valence electrons. The van der Waals surface area contributed by atoms with Crippen LogP contribution in [-0.2, 0) is 0 Å². The first-order chi connectivity index (χ1) is 8.20. The number of halogens is 3. The molecule has 0 unspecified atom stereocenters. The van der Waals surface area contributed by atoms with Crippen LogP contribution in [0.2, 0.25) is 0 Å². The summed E-state index contributed by atoms with van der Waals surface area (Å²) >= 11 is 0. The van der Waals surface area contributed by atoms with Crippen LogP contribution in [0.1, 0.15) is 15.9 Å². The molecule has 0 amide bonds. The number of carbonyl (C=O) groups excluding carboxylic acids is 1. The standard InChI is InChI=1S/C11H8F3NO3/c1-7-2-3-8(6-9(7)15(17)18)10(16)4-5-11(12,13)14/h2-6H,1H3. The highest BCUT2D eigenvalue weighted by atomic mass is 19.4. The summed E-state index contributed by atoms with van der Waals surface area (Å²) < 4.78 is 35.6. The number of allylic oxidation sites excluding steroid dienone is 2. The summed E-state index contributed by atoms with van der Waals surface area (Å²) in [5.74, 6) is -0.935. The van der Waals surface area contributed by atoms with E-state index in [0.717, 1.165) is 6.07 Å². The molecule has 7 heteroatoms. The fourth-order valence-electron chi connectivity index (χ4n) is 1.23. The van der Waals surface area contributed by atoms with Crippen molar-refractivity contribution in [3.8, 4) is 0 Å². The van der Waals surface area contributed by atoms with Crippen LogP contribution in [0.25, 0.3) is 0 Å². The number of benzene rings is 1. The molecule has 0 aliphatic heterocycles. The summed E-state index contributed by atoms with van der Waals surface area (Å²) in [5.41, 5.74) is -0.134. The van der Waals surface area contributed by atoms with Crippen LogP contribution in [0.5, 0.6) is 0 Å². The van der Waals surface area contributed by atoms with E-state index in [1.807, 2.05) is 0 Å². The SMILES string of the molecule is Cc1ccc(C(=O)C=CC(F)(F)F)cc1[N+](=O)[O-]. The minimum Gasteiger partial charge on any atom is -0.289 e. The van der Waals surface area contributed by atoms with Gasteiger partial charge in [0, 0.05) is 23.3 Å². The molecule has 0 spiro atoms. The number of rotatable bonds is 3. The molecule has 0 atom stereocenters. The molecule has 0 bridgehead atoms. The molecule has 1 aromatic carbocycles. The molecule has 0 N–H and O–H groups in total. The number of hydrogen-bond acceptors (Lipinski definition) is 3. The van der Waals surface area contributed by atoms with E-state index in [9.17, 15) is 28.1 Å². The van der Waals surface area contributed by atoms with Crippen molar-refractivity contribution < 1.29 is 22.9 Å². The van der Waals surface area contributed by atoms with Gasteiger partial charge in [0.05, 0.1) is 4.92 Å². The number of alkyl halides is 3. The van der Waals surface area contributed by atoms with Gasteiger partial charge in [0.2, 0.25) is 0 Å². The zero-order valence-corrected chi connectivity index (χ0v) is 9.19. The Balaban J connectivity index is 3.05. The van der Waals surface area contributed by atoms with Crippen molar-refractivity contribution in [1.29, 1.82) is 0 Å². The lowest BCUT2D eigenvalue weighted by atomic mass is 10.1. The Bertz CT molecular complexity index is 521. The van der Waals surface area contributed by atoms with Crippen molar-refractivity contribution in [3.63, 3.8) is 0 Å². The average molecular weight is 259 g/mol. The van der Waals surface area contributed by atoms with Crippen molar-refractivity contribution >= 4 is 11.5 Å². The first kappa shape index (κ1) is 13.9. The third kappa shape index (κ3) is 3.69. The summed E-state index contributed by atoms with van der Waals surface area (Å²) in [5, 5.41) is 10.6. The van der Waals surface area contributed by atoms with E-state index in [-0.39, 0.29) is 17.3 Å². The minimum atomic E-state index is -4.59. The Morgan fingerprint density at radius 2 is 2.00 bits per heavy atom. The van der Waals surface area contributed by atoms with E-state index in [0.29, 0.717) is 11.6 Å². The number of ketones is 1. The topological polar surface area (TPSA) is 60.2 Å². The van der Waals surface area contributed by atoms with Crippen LogP contribution in [0, 0.1) is 17.0 Å². The van der Waals surface area contributed by atoms with Gasteiger partial charge in [0.15, 0.2) is 5.78 Å². The fraction of sp³-hybridized carbons (Fsp3) is 0.182. The Labute approximate surface area is 99.9 Å². The second-order valence-electron chi connectivity index (χ2n) is 3.50. The number of aryl methyl sites for hydroxylation is 1. The fourth-order valence-corrected chi connectivity index (χ4v) is 1.23. The van der Waals surface area contributed by atoms with Crippen LogP contribution in [0.3, 0.4) is 0 Å². The van der Waals surface area contributed by atoms with Gasteiger partial charge in [0.1, 0.15) is 0 Å². The van der Waals surface area contributed by atoms with Crippen LogP contribution >= 0.6 is 0 Å². The maximum absolute atomic E-state index is 11.9. The summed E-state index contributed by atoms with van der Waals surface area (Å²) in [4.78, 5) is 21.3. The van der Waals surface area contributed by atoms with Gasteiger partial charge in [0.25, 0.3) is 5.69 Å². The Hall–Kier alpha value is -2.18. The van der Waals surface area contributed by atoms with Crippen molar-refractivity contribution in [2.45, 2.75) is 13.1 Å². The van der Waals surface area contributed by atoms with E-state index in [2.05, 4.69) is 0 Å². The van der Waals surface area contributed by atoms with E-state index in [1.54, 1.807) is 0 Å². The smallest absolute Gasteiger partial charge is 0.289 e. The monoisotopic (exact) mass is 259 g/mol. The van der Waals surface area contributed by atoms with Crippen molar-refractivity contribution in [1.82, 2.24) is 0 Å². The molecule has 4 nitrogen and oxygen atoms in total. The van der Waals surface area contributed by atoms with E-state index in [1.165, 1.54) is 19.1 Å². The Morgan fingerprint density at radius 3 is 2.50 bits per heavy atom. The van der Waals surface area contributed by atoms with Gasteiger partial charge in [-0.05, 0) is 13.0 Å². The van der Waals surface area contributed by atoms with E-state index >= 15 is 0 Å². The second-order valence-corrected chi connectivity index (χ2v) is 3.50. The molecule has 0 heterocycles. The predicted octanol–water partition coefficient (Wildman–Crippen LogP) is 3.20. The third-order valence-electron chi connectivity index (χ3n) is 2.11. The lowest BCUT2D eigenvalue weighted by Crippen LogP contribution is -2.04. The average Bonchev–Trinajstić information content (AvgIpc) is 2.25. The molecule has 0 aliphatic carbocycles. The summed E-state index contributed by atoms with van der Waals surface area (Å²) in [6.45, 7) is 1.47. The second kappa shape index (κ2) is 4.99. The molecule has 18 heavy (non-hydrogen) atoms. The number of hydrogen-bond donors (Lipinski definition) is 0. The number of carbonyl (C=O) groups is 1. The van der Waals surface area contributed by atoms with Crippen LogP contribution < -0.4 is 0 Å². The van der Waals surface area contributed by atoms with Gasteiger partial charge in [-0.3, -0.25) is 14.9 Å². The molecule has 0 radical (unpaired) electrons. The number of nitro groups is 1. The number of nitro benzene ring substituents is 1. The molecular weight excluding hydrogens is 251 g/mol. The third-order valence-corrected chi connectivity index (χ3v) is 2.11. The van der Waals surface area contributed by atoms with Crippen LogP contribution in [0.15, 0.2) is 30.4 Å². The van der Waals surface area contributed by atoms with Gasteiger partial charge < -0.3 is 0 Å². The Morgan fingerprint density at radius 1 is 1.39 bits per heavy atom. The minimum absolute atomic E-state index is 0.159. The van der Waals surface area contributed by atoms with E-state index < -0.39 is 16.9 Å². The van der Waals surface area contributed by atoms with Crippen molar-refractivity contribution in [2.24, 2.45) is 0 Å². The molecule has 0 aliphatic rings. The summed E-state index contributed by atoms with van der Waals surface area (Å²) in [7, 11) is 0. The predicted molar refractivity (Wildman–Crippen MR) is 57.4 cm³/mol. The normalized spacial score (nSPS) is 11.8. The quantitative estimate of drug-likeness (QED) is 0.362. The highest BCUT2D eigenvalue weighted by Crippen LogP contribution is 2.21. The highest BCUT2D eigenvalue weighted by molar-refractivity contribution is 6.05. The molecule has 1 aromatic rings. The van der Waals surface area contributed by atoms with Gasteiger partial charge in [-0.25, -0.2) is 0 Å². The maximum atomic E-state index is 11.9. The summed E-state index contributed by atoms with van der Waals surface area (Å²) in [6.07, 6.45) is -4.46. The lowest BCUT2D eigenvalue weighted by Gasteiger charge is -2.00. The van der Waals surface area contributed by atoms with Crippen LogP contribution in [-0.4, -0.2) is 16.9 Å². The molecule has 1 rings (SSSR count). The van der Waals surface area contributed by atoms with Gasteiger partial charge in [-0.15, -0.1) is 0 Å². The van der Waals surface area contributed by atoms with Gasteiger partial charge in [-0.2, -0.15) is 13.2 Å². The number of nitrogens with zero attached hydrogens (tertiary/aromatic N) is 1. The van der Waals surface area contributed by atoms with Crippen molar-refractivity contribution in [2.75, 3.05) is 0 Å². The van der Waals surface area contributed by atoms with Gasteiger partial charge in [-0.1, -0.05) is 12.1 Å². The Kier molecular flexibility index (Phi) is 3.85. The lowest BCUT2D eigenvalue weighted by molar-refractivity contribution is -0.385. The zero-order valence-electron chi connectivity index (χ0n) is 9.19. The van der Waals surface area contributed by atoms with E-state index in [4.69, 9.17) is 0 Å². The highest BCUT2D eigenvalue weighted by Gasteiger charge is 2.23. The van der Waals surface area contributed by atoms with Crippen molar-refractivity contribution in [3.05, 3.63) is 51.6 Å². The largest absolute Gasteiger partial charge is 0.409 e. The molecular formula is C11H8F3NO3. The first-order valence-electron chi connectivity index (χ1n) is 4.76. The zero-order chi connectivity index (χ0) is 13.9. The maximum Gasteiger partial charge on any atom is 0.409 e.